The van der Waals surface area contributed by atoms with Gasteiger partial charge in [-0.15, -0.1) is 24.0 Å². The number of ether oxygens (including phenoxy) is 1. The van der Waals surface area contributed by atoms with E-state index >= 15 is 0 Å². The van der Waals surface area contributed by atoms with Crippen LogP contribution in [0.25, 0.3) is 0 Å². The molecule has 0 saturated heterocycles. The van der Waals surface area contributed by atoms with Crippen LogP contribution in [-0.2, 0) is 6.42 Å². The number of hydrogen-bond acceptors (Lipinski definition) is 3. The molecule has 142 valence electrons. The number of guanidine groups is 1. The van der Waals surface area contributed by atoms with Crippen LogP contribution in [0.5, 0.6) is 5.75 Å². The summed E-state index contributed by atoms with van der Waals surface area (Å²) in [7, 11) is 0. The number of aryl methyl sites for hydroxylation is 1. The molecule has 1 atom stereocenters. The fourth-order valence-corrected chi connectivity index (χ4v) is 2.30. The molecule has 1 aromatic carbocycles. The second-order valence-corrected chi connectivity index (χ2v) is 5.96. The third kappa shape index (κ3) is 8.51. The molecular formula is C20H29IN4O. The predicted octanol–water partition coefficient (Wildman–Crippen LogP) is 3.57. The van der Waals surface area contributed by atoms with Crippen LogP contribution in [0.1, 0.15) is 25.1 Å². The fraction of sp³-hybridized carbons (Fsp3) is 0.400. The first kappa shape index (κ1) is 22.2. The summed E-state index contributed by atoms with van der Waals surface area (Å²) in [5.74, 6) is 1.68. The Labute approximate surface area is 173 Å². The third-order valence-electron chi connectivity index (χ3n) is 3.61. The van der Waals surface area contributed by atoms with Crippen LogP contribution in [0, 0.1) is 6.92 Å². The normalized spacial score (nSPS) is 12.0. The summed E-state index contributed by atoms with van der Waals surface area (Å²) in [5.41, 5.74) is 2.30. The first-order chi connectivity index (χ1) is 12.2. The fourth-order valence-electron chi connectivity index (χ4n) is 2.30. The maximum absolute atomic E-state index is 5.90. The summed E-state index contributed by atoms with van der Waals surface area (Å²) in [5, 5.41) is 6.60. The zero-order chi connectivity index (χ0) is 17.9. The molecule has 2 N–H and O–H groups in total. The minimum atomic E-state index is 0. The van der Waals surface area contributed by atoms with E-state index in [4.69, 9.17) is 4.74 Å². The van der Waals surface area contributed by atoms with Crippen molar-refractivity contribution >= 4 is 29.9 Å². The lowest BCUT2D eigenvalue weighted by molar-refractivity contribution is 0.230. The first-order valence-electron chi connectivity index (χ1n) is 8.82. The summed E-state index contributed by atoms with van der Waals surface area (Å²) in [4.78, 5) is 8.94. The highest BCUT2D eigenvalue weighted by Gasteiger charge is 2.05. The Kier molecular flexibility index (Phi) is 10.7. The number of aliphatic imine (C=N–C) groups is 1. The van der Waals surface area contributed by atoms with E-state index in [0.717, 1.165) is 36.9 Å². The van der Waals surface area contributed by atoms with Crippen LogP contribution >= 0.6 is 24.0 Å². The lowest BCUT2D eigenvalue weighted by Gasteiger charge is -2.15. The molecule has 6 heteroatoms. The van der Waals surface area contributed by atoms with E-state index in [-0.39, 0.29) is 30.1 Å². The molecule has 1 aromatic heterocycles. The zero-order valence-electron chi connectivity index (χ0n) is 15.7. The highest BCUT2D eigenvalue weighted by Crippen LogP contribution is 2.13. The SMILES string of the molecule is CCNC(=NCC(C)Oc1ccc(C)cc1)NCCc1ccccn1.I. The molecule has 5 nitrogen and oxygen atoms in total. The minimum absolute atomic E-state index is 0. The van der Waals surface area contributed by atoms with Crippen LogP contribution in [-0.4, -0.2) is 36.7 Å². The summed E-state index contributed by atoms with van der Waals surface area (Å²) >= 11 is 0. The van der Waals surface area contributed by atoms with E-state index in [1.165, 1.54) is 5.56 Å². The number of hydrogen-bond donors (Lipinski definition) is 2. The van der Waals surface area contributed by atoms with Gasteiger partial charge in [0.15, 0.2) is 5.96 Å². The van der Waals surface area contributed by atoms with E-state index in [2.05, 4.69) is 46.6 Å². The quantitative estimate of drug-likeness (QED) is 0.354. The topological polar surface area (TPSA) is 58.5 Å². The van der Waals surface area contributed by atoms with Crippen LogP contribution in [0.4, 0.5) is 0 Å². The molecule has 0 aliphatic rings. The number of nitrogens with one attached hydrogen (secondary N) is 2. The van der Waals surface area contributed by atoms with Crippen molar-refractivity contribution in [2.24, 2.45) is 4.99 Å². The molecule has 26 heavy (non-hydrogen) atoms. The second kappa shape index (κ2) is 12.5. The molecular weight excluding hydrogens is 439 g/mol. The van der Waals surface area contributed by atoms with Gasteiger partial charge in [-0.2, -0.15) is 0 Å². The lowest BCUT2D eigenvalue weighted by atomic mass is 10.2. The van der Waals surface area contributed by atoms with Crippen molar-refractivity contribution in [2.45, 2.75) is 33.3 Å². The predicted molar refractivity (Wildman–Crippen MR) is 119 cm³/mol. The number of halogens is 1. The van der Waals surface area contributed by atoms with Crippen molar-refractivity contribution < 1.29 is 4.74 Å². The molecule has 0 bridgehead atoms. The van der Waals surface area contributed by atoms with Gasteiger partial charge in [0.1, 0.15) is 11.9 Å². The van der Waals surface area contributed by atoms with E-state index in [0.29, 0.717) is 6.54 Å². The van der Waals surface area contributed by atoms with Gasteiger partial charge in [0.2, 0.25) is 0 Å². The summed E-state index contributed by atoms with van der Waals surface area (Å²) in [6.45, 7) is 8.35. The second-order valence-electron chi connectivity index (χ2n) is 5.96. The smallest absolute Gasteiger partial charge is 0.191 e. The maximum atomic E-state index is 5.90. The average Bonchev–Trinajstić information content (AvgIpc) is 2.62. The van der Waals surface area contributed by atoms with Crippen molar-refractivity contribution in [1.29, 1.82) is 0 Å². The summed E-state index contributed by atoms with van der Waals surface area (Å²) in [6.07, 6.45) is 2.69. The van der Waals surface area contributed by atoms with Gasteiger partial charge in [0.25, 0.3) is 0 Å². The molecule has 1 unspecified atom stereocenters. The molecule has 0 aliphatic heterocycles. The Morgan fingerprint density at radius 1 is 1.15 bits per heavy atom. The highest BCUT2D eigenvalue weighted by atomic mass is 127. The molecule has 0 saturated carbocycles. The van der Waals surface area contributed by atoms with Crippen LogP contribution in [0.15, 0.2) is 53.7 Å². The Morgan fingerprint density at radius 3 is 2.58 bits per heavy atom. The van der Waals surface area contributed by atoms with Crippen LogP contribution in [0.3, 0.4) is 0 Å². The van der Waals surface area contributed by atoms with Crippen LogP contribution in [0.2, 0.25) is 0 Å². The molecule has 2 rings (SSSR count). The molecule has 0 spiro atoms. The van der Waals surface area contributed by atoms with Gasteiger partial charge in [-0.3, -0.25) is 4.98 Å². The van der Waals surface area contributed by atoms with Gasteiger partial charge >= 0.3 is 0 Å². The Hall–Kier alpha value is -1.83. The number of nitrogens with zero attached hydrogens (tertiary/aromatic N) is 2. The summed E-state index contributed by atoms with van der Waals surface area (Å²) in [6, 6.07) is 14.0. The molecule has 0 aliphatic carbocycles. The molecule has 2 aromatic rings. The first-order valence-corrected chi connectivity index (χ1v) is 8.82. The number of rotatable bonds is 8. The molecule has 0 fully saturated rings. The number of pyridine rings is 1. The monoisotopic (exact) mass is 468 g/mol. The van der Waals surface area contributed by atoms with Gasteiger partial charge in [-0.05, 0) is 45.0 Å². The van der Waals surface area contributed by atoms with Gasteiger partial charge in [0, 0.05) is 31.4 Å². The lowest BCUT2D eigenvalue weighted by Crippen LogP contribution is -2.39. The van der Waals surface area contributed by atoms with Gasteiger partial charge in [-0.1, -0.05) is 23.8 Å². The molecule has 0 radical (unpaired) electrons. The van der Waals surface area contributed by atoms with Crippen LogP contribution < -0.4 is 15.4 Å². The number of benzene rings is 1. The molecule has 0 amide bonds. The van der Waals surface area contributed by atoms with E-state index in [9.17, 15) is 0 Å². The van der Waals surface area contributed by atoms with Crippen molar-refractivity contribution in [3.8, 4) is 5.75 Å². The maximum Gasteiger partial charge on any atom is 0.191 e. The van der Waals surface area contributed by atoms with Crippen molar-refractivity contribution in [1.82, 2.24) is 15.6 Å². The molecule has 1 heterocycles. The Balaban J connectivity index is 0.00000338. The largest absolute Gasteiger partial charge is 0.489 e. The summed E-state index contributed by atoms with van der Waals surface area (Å²) < 4.78 is 5.90. The van der Waals surface area contributed by atoms with Gasteiger partial charge in [-0.25, -0.2) is 4.99 Å². The van der Waals surface area contributed by atoms with E-state index < -0.39 is 0 Å². The Morgan fingerprint density at radius 2 is 1.92 bits per heavy atom. The Bertz CT molecular complexity index is 647. The van der Waals surface area contributed by atoms with Gasteiger partial charge in [0.05, 0.1) is 6.54 Å². The zero-order valence-corrected chi connectivity index (χ0v) is 18.1. The standard InChI is InChI=1S/C20H28N4O.HI/c1-4-21-20(23-14-12-18-7-5-6-13-22-18)24-15-17(3)25-19-10-8-16(2)9-11-19;/h5-11,13,17H,4,12,14-15H2,1-3H3,(H2,21,23,24);1H. The van der Waals surface area contributed by atoms with Gasteiger partial charge < -0.3 is 15.4 Å². The number of aromatic nitrogens is 1. The average molecular weight is 468 g/mol. The third-order valence-corrected chi connectivity index (χ3v) is 3.61. The minimum Gasteiger partial charge on any atom is -0.489 e. The van der Waals surface area contributed by atoms with Crippen molar-refractivity contribution in [3.63, 3.8) is 0 Å². The van der Waals surface area contributed by atoms with E-state index in [1.54, 1.807) is 0 Å². The highest BCUT2D eigenvalue weighted by molar-refractivity contribution is 14.0. The van der Waals surface area contributed by atoms with E-state index in [1.807, 2.05) is 43.5 Å². The van der Waals surface area contributed by atoms with Crippen molar-refractivity contribution in [3.05, 3.63) is 59.9 Å². The van der Waals surface area contributed by atoms with Crippen molar-refractivity contribution in [2.75, 3.05) is 19.6 Å².